The number of allylic oxidation sites excluding steroid dienone is 2. The lowest BCUT2D eigenvalue weighted by molar-refractivity contribution is -0.136. The maximum Gasteiger partial charge on any atom is 0.418 e. The average molecular weight is 401 g/mol. The number of halogens is 3. The number of hydrogen-bond donors (Lipinski definition) is 1. The van der Waals surface area contributed by atoms with Gasteiger partial charge >= 0.3 is 6.18 Å². The van der Waals surface area contributed by atoms with E-state index in [1.54, 1.807) is 12.3 Å². The summed E-state index contributed by atoms with van der Waals surface area (Å²) in [7, 11) is 0. The third-order valence-corrected chi connectivity index (χ3v) is 5.20. The molecule has 0 spiro atoms. The Morgan fingerprint density at radius 3 is 2.45 bits per heavy atom. The van der Waals surface area contributed by atoms with Gasteiger partial charge in [-0.1, -0.05) is 12.2 Å². The van der Waals surface area contributed by atoms with E-state index in [2.05, 4.69) is 12.2 Å². The fraction of sp³-hybridized carbons (Fsp3) is 0.238. The van der Waals surface area contributed by atoms with Gasteiger partial charge in [-0.2, -0.15) is 13.2 Å². The summed E-state index contributed by atoms with van der Waals surface area (Å²) in [5.41, 5.74) is 3.62. The van der Waals surface area contributed by atoms with Crippen molar-refractivity contribution in [3.05, 3.63) is 81.0 Å². The van der Waals surface area contributed by atoms with E-state index >= 15 is 0 Å². The van der Waals surface area contributed by atoms with E-state index in [1.807, 2.05) is 0 Å². The molecule has 1 aromatic carbocycles. The molecule has 4 rings (SSSR count). The number of aromatic nitrogens is 2. The molecule has 2 aromatic heterocycles. The van der Waals surface area contributed by atoms with Crippen LogP contribution in [0.15, 0.2) is 64.5 Å². The zero-order valence-electron chi connectivity index (χ0n) is 15.3. The van der Waals surface area contributed by atoms with Crippen LogP contribution in [0.4, 0.5) is 18.9 Å². The van der Waals surface area contributed by atoms with Crippen molar-refractivity contribution in [3.8, 4) is 5.69 Å². The molecular weight excluding hydrogens is 383 g/mol. The van der Waals surface area contributed by atoms with Gasteiger partial charge in [0.05, 0.1) is 11.1 Å². The Labute approximate surface area is 163 Å². The Balaban J connectivity index is 1.87. The van der Waals surface area contributed by atoms with E-state index in [-0.39, 0.29) is 22.3 Å². The Bertz CT molecular complexity index is 1230. The summed E-state index contributed by atoms with van der Waals surface area (Å²) >= 11 is 0. The molecule has 1 aliphatic carbocycles. The number of benzene rings is 1. The number of nitrogen functional groups attached to an aromatic ring is 1. The second-order valence-corrected chi connectivity index (χ2v) is 7.16. The molecule has 0 fully saturated rings. The van der Waals surface area contributed by atoms with Crippen molar-refractivity contribution in [2.45, 2.75) is 25.6 Å². The molecule has 0 aliphatic heterocycles. The first-order chi connectivity index (χ1) is 13.8. The lowest BCUT2D eigenvalue weighted by Gasteiger charge is -2.16. The van der Waals surface area contributed by atoms with Gasteiger partial charge in [-0.05, 0) is 43.0 Å². The molecule has 0 saturated carbocycles. The monoisotopic (exact) mass is 401 g/mol. The first kappa shape index (κ1) is 19.0. The van der Waals surface area contributed by atoms with Crippen LogP contribution in [-0.2, 0) is 12.7 Å². The van der Waals surface area contributed by atoms with E-state index in [1.165, 1.54) is 27.5 Å². The van der Waals surface area contributed by atoms with E-state index in [9.17, 15) is 22.8 Å². The number of anilines is 1. The van der Waals surface area contributed by atoms with Gasteiger partial charge in [-0.15, -0.1) is 0 Å². The lowest BCUT2D eigenvalue weighted by Crippen LogP contribution is -2.27. The SMILES string of the molecule is Nc1ccc(-n2ccc(=O)c3c(=O)n(CC4CC=CC4)ccc32)cc1C(F)(F)F. The Kier molecular flexibility index (Phi) is 4.56. The summed E-state index contributed by atoms with van der Waals surface area (Å²) in [6.07, 6.45) is 4.19. The summed E-state index contributed by atoms with van der Waals surface area (Å²) in [5, 5.41) is -0.0497. The highest BCUT2D eigenvalue weighted by atomic mass is 19.4. The van der Waals surface area contributed by atoms with Crippen LogP contribution in [0.5, 0.6) is 0 Å². The average Bonchev–Trinajstić information content (AvgIpc) is 3.17. The molecular formula is C21H18F3N3O2. The molecule has 0 radical (unpaired) electrons. The maximum atomic E-state index is 13.2. The normalized spacial score (nSPS) is 14.7. The fourth-order valence-corrected chi connectivity index (χ4v) is 3.71. The number of nitrogens with zero attached hydrogens (tertiary/aromatic N) is 2. The second kappa shape index (κ2) is 6.95. The van der Waals surface area contributed by atoms with Gasteiger partial charge in [0.2, 0.25) is 0 Å². The Morgan fingerprint density at radius 1 is 1.03 bits per heavy atom. The number of alkyl halides is 3. The van der Waals surface area contributed by atoms with Crippen molar-refractivity contribution in [3.63, 3.8) is 0 Å². The minimum Gasteiger partial charge on any atom is -0.398 e. The van der Waals surface area contributed by atoms with Crippen molar-refractivity contribution >= 4 is 16.6 Å². The van der Waals surface area contributed by atoms with Crippen LogP contribution < -0.4 is 16.7 Å². The van der Waals surface area contributed by atoms with Gasteiger partial charge in [-0.3, -0.25) is 9.59 Å². The topological polar surface area (TPSA) is 70.0 Å². The summed E-state index contributed by atoms with van der Waals surface area (Å²) in [4.78, 5) is 25.3. The standard InChI is InChI=1S/C21H18F3N3O2/c22-21(23,24)15-11-14(5-6-16(15)25)27-10-8-18(28)19-17(27)7-9-26(20(19)29)12-13-3-1-2-4-13/h1-2,5-11,13H,3-4,12,25H2. The zero-order valence-corrected chi connectivity index (χ0v) is 15.3. The fourth-order valence-electron chi connectivity index (χ4n) is 3.71. The molecule has 0 amide bonds. The van der Waals surface area contributed by atoms with Crippen LogP contribution in [0.1, 0.15) is 18.4 Å². The van der Waals surface area contributed by atoms with E-state index in [0.717, 1.165) is 25.0 Å². The number of fused-ring (bicyclic) bond motifs is 1. The van der Waals surface area contributed by atoms with Crippen molar-refractivity contribution in [2.75, 3.05) is 5.73 Å². The van der Waals surface area contributed by atoms with Crippen LogP contribution in [0.25, 0.3) is 16.6 Å². The second-order valence-electron chi connectivity index (χ2n) is 7.16. The maximum absolute atomic E-state index is 13.2. The lowest BCUT2D eigenvalue weighted by atomic mass is 10.1. The van der Waals surface area contributed by atoms with E-state index in [4.69, 9.17) is 5.73 Å². The predicted molar refractivity (Wildman–Crippen MR) is 105 cm³/mol. The van der Waals surface area contributed by atoms with Crippen LogP contribution in [-0.4, -0.2) is 9.13 Å². The van der Waals surface area contributed by atoms with Crippen LogP contribution >= 0.6 is 0 Å². The molecule has 0 saturated heterocycles. The molecule has 2 N–H and O–H groups in total. The van der Waals surface area contributed by atoms with Crippen LogP contribution in [0.2, 0.25) is 0 Å². The van der Waals surface area contributed by atoms with Gasteiger partial charge in [0.15, 0.2) is 5.43 Å². The first-order valence-corrected chi connectivity index (χ1v) is 9.12. The summed E-state index contributed by atoms with van der Waals surface area (Å²) in [5.74, 6) is 0.294. The van der Waals surface area contributed by atoms with Gasteiger partial charge < -0.3 is 14.9 Å². The molecule has 0 unspecified atom stereocenters. The molecule has 5 nitrogen and oxygen atoms in total. The highest BCUT2D eigenvalue weighted by molar-refractivity contribution is 5.79. The molecule has 29 heavy (non-hydrogen) atoms. The minimum absolute atomic E-state index is 0.0497. The van der Waals surface area contributed by atoms with Gasteiger partial charge in [-0.25, -0.2) is 0 Å². The Morgan fingerprint density at radius 2 is 1.76 bits per heavy atom. The van der Waals surface area contributed by atoms with E-state index < -0.39 is 22.7 Å². The van der Waals surface area contributed by atoms with Gasteiger partial charge in [0.1, 0.15) is 5.39 Å². The molecule has 0 atom stereocenters. The zero-order chi connectivity index (χ0) is 20.8. The molecule has 0 bridgehead atoms. The van der Waals surface area contributed by atoms with Crippen molar-refractivity contribution < 1.29 is 13.2 Å². The molecule has 150 valence electrons. The van der Waals surface area contributed by atoms with Crippen LogP contribution in [0.3, 0.4) is 0 Å². The van der Waals surface area contributed by atoms with E-state index in [0.29, 0.717) is 12.5 Å². The van der Waals surface area contributed by atoms with Crippen molar-refractivity contribution in [1.82, 2.24) is 9.13 Å². The quantitative estimate of drug-likeness (QED) is 0.537. The van der Waals surface area contributed by atoms with Gasteiger partial charge in [0.25, 0.3) is 5.56 Å². The summed E-state index contributed by atoms with van der Waals surface area (Å²) in [6, 6.07) is 6.27. The number of nitrogens with two attached hydrogens (primary N) is 1. The smallest absolute Gasteiger partial charge is 0.398 e. The molecule has 8 heteroatoms. The third kappa shape index (κ3) is 3.46. The highest BCUT2D eigenvalue weighted by Gasteiger charge is 2.33. The number of pyridine rings is 2. The predicted octanol–water partition coefficient (Wildman–Crippen LogP) is 3.72. The minimum atomic E-state index is -4.61. The third-order valence-electron chi connectivity index (χ3n) is 5.20. The van der Waals surface area contributed by atoms with Crippen molar-refractivity contribution in [2.24, 2.45) is 5.92 Å². The Hall–Kier alpha value is -3.29. The van der Waals surface area contributed by atoms with Crippen LogP contribution in [0, 0.1) is 5.92 Å². The highest BCUT2D eigenvalue weighted by Crippen LogP contribution is 2.35. The molecule has 1 aliphatic rings. The largest absolute Gasteiger partial charge is 0.418 e. The first-order valence-electron chi connectivity index (χ1n) is 9.12. The number of hydrogen-bond acceptors (Lipinski definition) is 3. The number of rotatable bonds is 3. The molecule has 3 aromatic rings. The van der Waals surface area contributed by atoms with Crippen molar-refractivity contribution in [1.29, 1.82) is 0 Å². The van der Waals surface area contributed by atoms with Gasteiger partial charge in [0, 0.05) is 36.4 Å². The molecule has 2 heterocycles. The summed E-state index contributed by atoms with van der Waals surface area (Å²) < 4.78 is 42.6. The summed E-state index contributed by atoms with van der Waals surface area (Å²) in [6.45, 7) is 0.482.